The molecule has 1 aliphatic heterocycles. The van der Waals surface area contributed by atoms with E-state index in [0.717, 1.165) is 54.8 Å². The highest BCUT2D eigenvalue weighted by Crippen LogP contribution is 2.25. The van der Waals surface area contributed by atoms with E-state index in [2.05, 4.69) is 49.5 Å². The summed E-state index contributed by atoms with van der Waals surface area (Å²) in [6, 6.07) is 10.3. The Morgan fingerprint density at radius 3 is 2.44 bits per heavy atom. The molecule has 1 aliphatic rings. The minimum atomic E-state index is 0.688. The van der Waals surface area contributed by atoms with Crippen LogP contribution in [0.4, 0.5) is 17.2 Å². The van der Waals surface area contributed by atoms with Gasteiger partial charge in [-0.25, -0.2) is 9.97 Å². The molecule has 7 nitrogen and oxygen atoms in total. The Morgan fingerprint density at radius 2 is 1.78 bits per heavy atom. The molecular weight excluding hydrogens is 340 g/mol. The third-order valence-corrected chi connectivity index (χ3v) is 4.90. The third kappa shape index (κ3) is 3.64. The molecule has 0 aliphatic carbocycles. The Morgan fingerprint density at radius 1 is 1.04 bits per heavy atom. The van der Waals surface area contributed by atoms with Crippen LogP contribution in [-0.2, 0) is 11.8 Å². The molecule has 0 spiro atoms. The van der Waals surface area contributed by atoms with Crippen LogP contribution in [0.3, 0.4) is 0 Å². The molecular formula is C20H24N6O. The summed E-state index contributed by atoms with van der Waals surface area (Å²) < 4.78 is 7.28. The Kier molecular flexibility index (Phi) is 4.77. The highest BCUT2D eigenvalue weighted by Gasteiger charge is 2.15. The molecule has 27 heavy (non-hydrogen) atoms. The molecule has 0 saturated carbocycles. The summed E-state index contributed by atoms with van der Waals surface area (Å²) in [6.45, 7) is 7.46. The first-order chi connectivity index (χ1) is 13.1. The maximum absolute atomic E-state index is 5.42. The van der Waals surface area contributed by atoms with E-state index in [-0.39, 0.29) is 0 Å². The second-order valence-corrected chi connectivity index (χ2v) is 6.71. The number of nitrogens with one attached hydrogen (secondary N) is 1. The number of aromatic nitrogens is 4. The van der Waals surface area contributed by atoms with Crippen molar-refractivity contribution in [2.75, 3.05) is 36.5 Å². The molecule has 140 valence electrons. The van der Waals surface area contributed by atoms with Crippen molar-refractivity contribution in [3.05, 3.63) is 47.9 Å². The highest BCUT2D eigenvalue weighted by atomic mass is 16.5. The normalized spacial score (nSPS) is 14.4. The fourth-order valence-electron chi connectivity index (χ4n) is 3.37. The Labute approximate surface area is 159 Å². The number of nitrogens with zero attached hydrogens (tertiary/aromatic N) is 5. The van der Waals surface area contributed by atoms with Crippen LogP contribution in [0.5, 0.6) is 0 Å². The van der Waals surface area contributed by atoms with Gasteiger partial charge in [0.2, 0.25) is 0 Å². The molecule has 1 fully saturated rings. The number of ether oxygens (including phenoxy) is 1. The van der Waals surface area contributed by atoms with E-state index in [1.165, 1.54) is 5.69 Å². The van der Waals surface area contributed by atoms with Gasteiger partial charge in [0.15, 0.2) is 5.82 Å². The molecule has 1 saturated heterocycles. The molecule has 1 aromatic carbocycles. The van der Waals surface area contributed by atoms with Gasteiger partial charge in [-0.15, -0.1) is 0 Å². The second kappa shape index (κ2) is 7.36. The molecule has 7 heteroatoms. The van der Waals surface area contributed by atoms with Crippen molar-refractivity contribution in [3.8, 4) is 11.4 Å². The topological polar surface area (TPSA) is 68.1 Å². The minimum Gasteiger partial charge on any atom is -0.378 e. The standard InChI is InChI=1S/C20H24N6O/c1-14-19(15(2)25(3)24-14)20-21-9-8-18(23-20)22-16-4-6-17(7-5-16)26-10-12-27-13-11-26/h4-9H,10-13H2,1-3H3,(H,21,22,23). The average molecular weight is 364 g/mol. The van der Waals surface area contributed by atoms with Gasteiger partial charge in [-0.05, 0) is 44.2 Å². The minimum absolute atomic E-state index is 0.688. The molecule has 3 aromatic rings. The van der Waals surface area contributed by atoms with Crippen molar-refractivity contribution >= 4 is 17.2 Å². The van der Waals surface area contributed by atoms with Crippen molar-refractivity contribution in [1.82, 2.24) is 19.7 Å². The van der Waals surface area contributed by atoms with Crippen molar-refractivity contribution in [3.63, 3.8) is 0 Å². The van der Waals surface area contributed by atoms with Gasteiger partial charge in [0.05, 0.1) is 24.5 Å². The predicted molar refractivity (Wildman–Crippen MR) is 106 cm³/mol. The third-order valence-electron chi connectivity index (χ3n) is 4.90. The SMILES string of the molecule is Cc1nn(C)c(C)c1-c1nccc(Nc2ccc(N3CCOCC3)cc2)n1. The van der Waals surface area contributed by atoms with Crippen LogP contribution in [0.1, 0.15) is 11.4 Å². The van der Waals surface area contributed by atoms with Crippen LogP contribution in [0.25, 0.3) is 11.4 Å². The van der Waals surface area contributed by atoms with E-state index in [1.54, 1.807) is 6.20 Å². The largest absolute Gasteiger partial charge is 0.378 e. The summed E-state index contributed by atoms with van der Waals surface area (Å²) in [5, 5.41) is 7.83. The predicted octanol–water partition coefficient (Wildman–Crippen LogP) is 3.07. The summed E-state index contributed by atoms with van der Waals surface area (Å²) in [7, 11) is 1.93. The first kappa shape index (κ1) is 17.5. The Bertz CT molecular complexity index is 928. The summed E-state index contributed by atoms with van der Waals surface area (Å²) >= 11 is 0. The van der Waals surface area contributed by atoms with Gasteiger partial charge in [-0.2, -0.15) is 5.10 Å². The van der Waals surface area contributed by atoms with Crippen molar-refractivity contribution in [2.24, 2.45) is 7.05 Å². The number of rotatable bonds is 4. The maximum atomic E-state index is 5.42. The number of benzene rings is 1. The van der Waals surface area contributed by atoms with E-state index in [0.29, 0.717) is 5.82 Å². The Hall–Kier alpha value is -2.93. The number of anilines is 3. The van der Waals surface area contributed by atoms with Gasteiger partial charge >= 0.3 is 0 Å². The van der Waals surface area contributed by atoms with Crippen LogP contribution >= 0.6 is 0 Å². The van der Waals surface area contributed by atoms with Gasteiger partial charge < -0.3 is 15.0 Å². The molecule has 4 rings (SSSR count). The van der Waals surface area contributed by atoms with Crippen LogP contribution < -0.4 is 10.2 Å². The summed E-state index contributed by atoms with van der Waals surface area (Å²) in [4.78, 5) is 11.5. The fraction of sp³-hybridized carbons (Fsp3) is 0.350. The monoisotopic (exact) mass is 364 g/mol. The van der Waals surface area contributed by atoms with Crippen molar-refractivity contribution < 1.29 is 4.74 Å². The zero-order valence-electron chi connectivity index (χ0n) is 15.9. The van der Waals surface area contributed by atoms with Crippen LogP contribution in [0.15, 0.2) is 36.5 Å². The molecule has 0 bridgehead atoms. The number of hydrogen-bond donors (Lipinski definition) is 1. The fourth-order valence-corrected chi connectivity index (χ4v) is 3.37. The zero-order chi connectivity index (χ0) is 18.8. The lowest BCUT2D eigenvalue weighted by atomic mass is 10.2. The van der Waals surface area contributed by atoms with Crippen molar-refractivity contribution in [1.29, 1.82) is 0 Å². The number of morpholine rings is 1. The first-order valence-electron chi connectivity index (χ1n) is 9.15. The van der Waals surface area contributed by atoms with Gasteiger partial charge in [-0.3, -0.25) is 4.68 Å². The second-order valence-electron chi connectivity index (χ2n) is 6.71. The van der Waals surface area contributed by atoms with Crippen LogP contribution in [0, 0.1) is 13.8 Å². The van der Waals surface area contributed by atoms with E-state index in [9.17, 15) is 0 Å². The van der Waals surface area contributed by atoms with Crippen LogP contribution in [-0.4, -0.2) is 46.1 Å². The molecule has 1 N–H and O–H groups in total. The number of hydrogen-bond acceptors (Lipinski definition) is 6. The molecule has 0 unspecified atom stereocenters. The smallest absolute Gasteiger partial charge is 0.165 e. The van der Waals surface area contributed by atoms with E-state index in [1.807, 2.05) is 31.6 Å². The van der Waals surface area contributed by atoms with E-state index >= 15 is 0 Å². The van der Waals surface area contributed by atoms with Gasteiger partial charge in [0, 0.05) is 43.4 Å². The maximum Gasteiger partial charge on any atom is 0.165 e. The van der Waals surface area contributed by atoms with E-state index in [4.69, 9.17) is 4.74 Å². The van der Waals surface area contributed by atoms with Gasteiger partial charge in [-0.1, -0.05) is 0 Å². The van der Waals surface area contributed by atoms with Gasteiger partial charge in [0.1, 0.15) is 5.82 Å². The van der Waals surface area contributed by atoms with E-state index < -0.39 is 0 Å². The molecule has 0 amide bonds. The highest BCUT2D eigenvalue weighted by molar-refractivity contribution is 5.65. The van der Waals surface area contributed by atoms with Crippen molar-refractivity contribution in [2.45, 2.75) is 13.8 Å². The van der Waals surface area contributed by atoms with Gasteiger partial charge in [0.25, 0.3) is 0 Å². The molecule has 0 radical (unpaired) electrons. The average Bonchev–Trinajstić information content (AvgIpc) is 2.95. The van der Waals surface area contributed by atoms with Crippen LogP contribution in [0.2, 0.25) is 0 Å². The quantitative estimate of drug-likeness (QED) is 0.767. The Balaban J connectivity index is 1.53. The zero-order valence-corrected chi connectivity index (χ0v) is 15.9. The molecule has 0 atom stereocenters. The lowest BCUT2D eigenvalue weighted by Gasteiger charge is -2.28. The lowest BCUT2D eigenvalue weighted by molar-refractivity contribution is 0.122. The summed E-state index contributed by atoms with van der Waals surface area (Å²) in [6.07, 6.45) is 1.78. The first-order valence-corrected chi connectivity index (χ1v) is 9.15. The number of aryl methyl sites for hydroxylation is 2. The molecule has 2 aromatic heterocycles. The summed E-state index contributed by atoms with van der Waals surface area (Å²) in [5.74, 6) is 1.45. The summed E-state index contributed by atoms with van der Waals surface area (Å²) in [5.41, 5.74) is 5.19. The lowest BCUT2D eigenvalue weighted by Crippen LogP contribution is -2.36. The molecule has 3 heterocycles.